The maximum atomic E-state index is 13.2. The third kappa shape index (κ3) is 7.53. The van der Waals surface area contributed by atoms with Crippen LogP contribution in [0.2, 0.25) is 5.02 Å². The van der Waals surface area contributed by atoms with E-state index in [0.717, 1.165) is 33.4 Å². The van der Waals surface area contributed by atoms with Gasteiger partial charge in [0.2, 0.25) is 0 Å². The molecule has 4 aromatic rings. The zero-order valence-corrected chi connectivity index (χ0v) is 23.4. The molecule has 3 aromatic carbocycles. The number of amides is 1. The van der Waals surface area contributed by atoms with E-state index in [1.807, 2.05) is 79.9 Å². The monoisotopic (exact) mass is 563 g/mol. The SMILES string of the molecule is CSCCC(NC(=O)c1ccc(COCc2cc(-c3ccc(Cl)cc3)co2)cc1-c1ccccc1C)C(=O)O. The van der Waals surface area contributed by atoms with Crippen LogP contribution in [-0.4, -0.2) is 35.0 Å². The Balaban J connectivity index is 1.50. The first kappa shape index (κ1) is 28.5. The highest BCUT2D eigenvalue weighted by Crippen LogP contribution is 2.29. The summed E-state index contributed by atoms with van der Waals surface area (Å²) in [6, 6.07) is 21.8. The molecule has 2 N–H and O–H groups in total. The quantitative estimate of drug-likeness (QED) is 0.189. The number of carboxylic acids is 1. The molecule has 1 atom stereocenters. The van der Waals surface area contributed by atoms with Crippen LogP contribution in [0.1, 0.15) is 33.7 Å². The summed E-state index contributed by atoms with van der Waals surface area (Å²) in [7, 11) is 0. The summed E-state index contributed by atoms with van der Waals surface area (Å²) in [5.41, 5.74) is 5.88. The molecule has 0 aliphatic rings. The molecule has 1 amide bonds. The van der Waals surface area contributed by atoms with Crippen molar-refractivity contribution >= 4 is 35.2 Å². The van der Waals surface area contributed by atoms with Crippen LogP contribution in [-0.2, 0) is 22.7 Å². The number of carboxylic acid groups (broad SMARTS) is 1. The predicted molar refractivity (Wildman–Crippen MR) is 156 cm³/mol. The number of aliphatic carboxylic acids is 1. The van der Waals surface area contributed by atoms with Gasteiger partial charge in [-0.05, 0) is 83.5 Å². The molecule has 4 rings (SSSR count). The van der Waals surface area contributed by atoms with E-state index in [-0.39, 0.29) is 6.61 Å². The van der Waals surface area contributed by atoms with Crippen molar-refractivity contribution in [1.29, 1.82) is 0 Å². The number of halogens is 1. The van der Waals surface area contributed by atoms with Crippen LogP contribution in [0.3, 0.4) is 0 Å². The second-order valence-electron chi connectivity index (χ2n) is 9.14. The standard InChI is InChI=1S/C31H30ClNO5S/c1-20-5-3-4-6-26(20)28-15-21(7-12-27(28)30(34)33-29(31(35)36)13-14-39-2)17-37-19-25-16-23(18-38-25)22-8-10-24(32)11-9-22/h3-12,15-16,18,29H,13-14,17,19H2,1-2H3,(H,33,34)(H,35,36). The van der Waals surface area contributed by atoms with E-state index in [1.54, 1.807) is 24.1 Å². The van der Waals surface area contributed by atoms with Crippen LogP contribution in [0.5, 0.6) is 0 Å². The van der Waals surface area contributed by atoms with Crippen molar-refractivity contribution in [3.63, 3.8) is 0 Å². The number of rotatable bonds is 12. The largest absolute Gasteiger partial charge is 0.480 e. The number of ether oxygens (including phenoxy) is 1. The minimum atomic E-state index is -1.04. The van der Waals surface area contributed by atoms with Gasteiger partial charge >= 0.3 is 5.97 Å². The number of carbonyl (C=O) groups excluding carboxylic acids is 1. The van der Waals surface area contributed by atoms with E-state index < -0.39 is 17.9 Å². The van der Waals surface area contributed by atoms with Gasteiger partial charge in [0.05, 0.1) is 12.9 Å². The van der Waals surface area contributed by atoms with Crippen LogP contribution in [0.15, 0.2) is 83.5 Å². The number of furan rings is 1. The Morgan fingerprint density at radius 2 is 1.77 bits per heavy atom. The molecule has 1 heterocycles. The second-order valence-corrected chi connectivity index (χ2v) is 10.6. The predicted octanol–water partition coefficient (Wildman–Crippen LogP) is 7.23. The van der Waals surface area contributed by atoms with Crippen molar-refractivity contribution in [1.82, 2.24) is 5.32 Å². The van der Waals surface area contributed by atoms with Gasteiger partial charge < -0.3 is 19.6 Å². The average molecular weight is 564 g/mol. The summed E-state index contributed by atoms with van der Waals surface area (Å²) in [6.45, 7) is 2.57. The van der Waals surface area contributed by atoms with Crippen LogP contribution in [0.25, 0.3) is 22.3 Å². The number of hydrogen-bond acceptors (Lipinski definition) is 5. The maximum absolute atomic E-state index is 13.2. The number of nitrogens with one attached hydrogen (secondary N) is 1. The minimum Gasteiger partial charge on any atom is -0.480 e. The Morgan fingerprint density at radius 1 is 1.00 bits per heavy atom. The number of thioether (sulfide) groups is 1. The smallest absolute Gasteiger partial charge is 0.326 e. The molecule has 0 radical (unpaired) electrons. The molecule has 1 aromatic heterocycles. The van der Waals surface area contributed by atoms with E-state index in [9.17, 15) is 14.7 Å². The molecule has 0 bridgehead atoms. The van der Waals surface area contributed by atoms with Gasteiger partial charge in [0.15, 0.2) is 0 Å². The Hall–Kier alpha value is -3.52. The normalized spacial score (nSPS) is 11.8. The Labute approximate surface area is 237 Å². The highest BCUT2D eigenvalue weighted by molar-refractivity contribution is 7.98. The lowest BCUT2D eigenvalue weighted by atomic mass is 9.93. The first-order valence-electron chi connectivity index (χ1n) is 12.5. The maximum Gasteiger partial charge on any atom is 0.326 e. The Kier molecular flexibility index (Phi) is 9.87. The number of carbonyl (C=O) groups is 2. The van der Waals surface area contributed by atoms with Crippen LogP contribution < -0.4 is 5.32 Å². The summed E-state index contributed by atoms with van der Waals surface area (Å²) in [4.78, 5) is 25.0. The van der Waals surface area contributed by atoms with Gasteiger partial charge in [-0.1, -0.05) is 54.1 Å². The van der Waals surface area contributed by atoms with E-state index in [4.69, 9.17) is 20.8 Å². The van der Waals surface area contributed by atoms with Gasteiger partial charge in [-0.3, -0.25) is 4.79 Å². The molecule has 0 aliphatic carbocycles. The molecule has 0 aliphatic heterocycles. The minimum absolute atomic E-state index is 0.283. The number of hydrogen-bond donors (Lipinski definition) is 2. The number of aryl methyl sites for hydroxylation is 1. The lowest BCUT2D eigenvalue weighted by Crippen LogP contribution is -2.41. The molecule has 0 spiro atoms. The summed E-state index contributed by atoms with van der Waals surface area (Å²) < 4.78 is 11.6. The van der Waals surface area contributed by atoms with Crippen molar-refractivity contribution in [2.24, 2.45) is 0 Å². The van der Waals surface area contributed by atoms with Crippen molar-refractivity contribution in [3.05, 3.63) is 107 Å². The van der Waals surface area contributed by atoms with Gasteiger partial charge in [-0.2, -0.15) is 11.8 Å². The van der Waals surface area contributed by atoms with Gasteiger partial charge in [-0.25, -0.2) is 4.79 Å². The van der Waals surface area contributed by atoms with Gasteiger partial charge in [0.1, 0.15) is 18.4 Å². The fraction of sp³-hybridized carbons (Fsp3) is 0.226. The molecule has 6 nitrogen and oxygen atoms in total. The zero-order valence-electron chi connectivity index (χ0n) is 21.8. The first-order valence-corrected chi connectivity index (χ1v) is 14.3. The molecule has 1 unspecified atom stereocenters. The van der Waals surface area contributed by atoms with Crippen molar-refractivity contribution in [2.75, 3.05) is 12.0 Å². The highest BCUT2D eigenvalue weighted by atomic mass is 35.5. The van der Waals surface area contributed by atoms with Crippen molar-refractivity contribution < 1.29 is 23.8 Å². The van der Waals surface area contributed by atoms with Gasteiger partial charge in [-0.15, -0.1) is 0 Å². The molecule has 0 saturated heterocycles. The van der Waals surface area contributed by atoms with E-state index in [1.165, 1.54) is 0 Å². The van der Waals surface area contributed by atoms with Gasteiger partial charge in [0, 0.05) is 16.1 Å². The van der Waals surface area contributed by atoms with E-state index in [2.05, 4.69) is 5.32 Å². The van der Waals surface area contributed by atoms with E-state index >= 15 is 0 Å². The Morgan fingerprint density at radius 3 is 2.49 bits per heavy atom. The third-order valence-corrected chi connectivity index (χ3v) is 7.22. The molecule has 39 heavy (non-hydrogen) atoms. The molecule has 0 fully saturated rings. The molecular weight excluding hydrogens is 534 g/mol. The molecule has 202 valence electrons. The molecule has 8 heteroatoms. The molecular formula is C31H30ClNO5S. The summed E-state index contributed by atoms with van der Waals surface area (Å²) in [6.07, 6.45) is 3.94. The summed E-state index contributed by atoms with van der Waals surface area (Å²) >= 11 is 7.52. The lowest BCUT2D eigenvalue weighted by molar-refractivity contribution is -0.139. The zero-order chi connectivity index (χ0) is 27.8. The van der Waals surface area contributed by atoms with Gasteiger partial charge in [0.25, 0.3) is 5.91 Å². The Bertz CT molecular complexity index is 1430. The number of benzene rings is 3. The summed E-state index contributed by atoms with van der Waals surface area (Å²) in [5.74, 6) is -0.133. The van der Waals surface area contributed by atoms with Crippen LogP contribution in [0.4, 0.5) is 0 Å². The fourth-order valence-electron chi connectivity index (χ4n) is 4.23. The topological polar surface area (TPSA) is 88.8 Å². The van der Waals surface area contributed by atoms with Crippen molar-refractivity contribution in [2.45, 2.75) is 32.6 Å². The average Bonchev–Trinajstić information content (AvgIpc) is 3.40. The lowest BCUT2D eigenvalue weighted by Gasteiger charge is -2.17. The second kappa shape index (κ2) is 13.5. The fourth-order valence-corrected chi connectivity index (χ4v) is 4.82. The van der Waals surface area contributed by atoms with E-state index in [0.29, 0.717) is 35.1 Å². The van der Waals surface area contributed by atoms with Crippen LogP contribution >= 0.6 is 23.4 Å². The first-order chi connectivity index (χ1) is 18.9. The highest BCUT2D eigenvalue weighted by Gasteiger charge is 2.22. The third-order valence-electron chi connectivity index (χ3n) is 6.32. The molecule has 0 saturated carbocycles. The van der Waals surface area contributed by atoms with Crippen LogP contribution in [0, 0.1) is 6.92 Å². The summed E-state index contributed by atoms with van der Waals surface area (Å²) in [5, 5.41) is 13.0. The van der Waals surface area contributed by atoms with Crippen molar-refractivity contribution in [3.8, 4) is 22.3 Å².